The van der Waals surface area contributed by atoms with E-state index < -0.39 is 5.54 Å². The Morgan fingerprint density at radius 1 is 0.661 bits per heavy atom. The Morgan fingerprint density at radius 3 is 1.78 bits per heavy atom. The molecule has 8 aromatic rings. The first-order valence-corrected chi connectivity index (χ1v) is 20.1. The van der Waals surface area contributed by atoms with Gasteiger partial charge in [0.1, 0.15) is 11.4 Å². The highest BCUT2D eigenvalue weighted by Crippen LogP contribution is 2.43. The third kappa shape index (κ3) is 8.43. The van der Waals surface area contributed by atoms with E-state index in [2.05, 4.69) is 132 Å². The average Bonchev–Trinajstić information content (AvgIpc) is 3.76. The first-order valence-electron chi connectivity index (χ1n) is 20.1. The Hall–Kier alpha value is -7.19. The standard InChI is InChI=1S/C51H47N7O/c1-37(2)35-57(36-40-18-8-4-9-19-40)48-34-44(52-49(59)32-39-30-28-38(3)29-31-39)33-47(53-48)45-26-16-17-27-46(45)50-54-55-56-58(50)51(41-20-10-5-11-21-41,42-22-12-6-13-23-42)43-24-14-7-15-25-43/h4-31,33-34,37H,32,35-36H2,1-3H3,(H,52,53,59). The molecule has 0 saturated carbocycles. The first-order chi connectivity index (χ1) is 28.9. The molecule has 0 bridgehead atoms. The number of carbonyl (C=O) groups excluding carboxylic acids is 1. The van der Waals surface area contributed by atoms with Crippen molar-refractivity contribution >= 4 is 17.4 Å². The molecule has 6 aromatic carbocycles. The van der Waals surface area contributed by atoms with Gasteiger partial charge in [-0.1, -0.05) is 189 Å². The largest absolute Gasteiger partial charge is 0.352 e. The lowest BCUT2D eigenvalue weighted by Gasteiger charge is -2.36. The van der Waals surface area contributed by atoms with E-state index in [1.54, 1.807) is 0 Å². The molecule has 0 unspecified atom stereocenters. The molecule has 1 N–H and O–H groups in total. The molecule has 2 aromatic heterocycles. The monoisotopic (exact) mass is 773 g/mol. The molecule has 0 aliphatic carbocycles. The van der Waals surface area contributed by atoms with Crippen LogP contribution in [0.3, 0.4) is 0 Å². The van der Waals surface area contributed by atoms with E-state index in [4.69, 9.17) is 15.3 Å². The number of tetrazole rings is 1. The molecule has 0 aliphatic heterocycles. The zero-order valence-electron chi connectivity index (χ0n) is 33.6. The van der Waals surface area contributed by atoms with Gasteiger partial charge in [0.25, 0.3) is 0 Å². The van der Waals surface area contributed by atoms with E-state index in [1.807, 2.05) is 90.5 Å². The van der Waals surface area contributed by atoms with Gasteiger partial charge in [0.2, 0.25) is 5.91 Å². The molecule has 0 atom stereocenters. The maximum absolute atomic E-state index is 13.7. The van der Waals surface area contributed by atoms with E-state index in [-0.39, 0.29) is 12.3 Å². The van der Waals surface area contributed by atoms with Crippen LogP contribution in [0.15, 0.2) is 182 Å². The molecule has 8 rings (SSSR count). The lowest BCUT2D eigenvalue weighted by Crippen LogP contribution is -2.39. The predicted molar refractivity (Wildman–Crippen MR) is 237 cm³/mol. The molecule has 0 fully saturated rings. The fraction of sp³-hybridized carbons (Fsp3) is 0.157. The smallest absolute Gasteiger partial charge is 0.228 e. The second-order valence-electron chi connectivity index (χ2n) is 15.3. The highest BCUT2D eigenvalue weighted by atomic mass is 16.1. The molecule has 8 heteroatoms. The van der Waals surface area contributed by atoms with Crippen LogP contribution in [0.5, 0.6) is 0 Å². The topological polar surface area (TPSA) is 88.8 Å². The van der Waals surface area contributed by atoms with Crippen LogP contribution >= 0.6 is 0 Å². The van der Waals surface area contributed by atoms with E-state index in [0.717, 1.165) is 51.3 Å². The second-order valence-corrected chi connectivity index (χ2v) is 15.3. The van der Waals surface area contributed by atoms with Crippen LogP contribution in [0.1, 0.15) is 47.2 Å². The Labute approximate surface area is 346 Å². The minimum atomic E-state index is -0.941. The van der Waals surface area contributed by atoms with Crippen molar-refractivity contribution < 1.29 is 4.79 Å². The van der Waals surface area contributed by atoms with Crippen molar-refractivity contribution in [2.24, 2.45) is 5.92 Å². The molecule has 2 heterocycles. The molecule has 1 amide bonds. The Morgan fingerprint density at radius 2 is 1.20 bits per heavy atom. The summed E-state index contributed by atoms with van der Waals surface area (Å²) in [6.07, 6.45) is 0.249. The summed E-state index contributed by atoms with van der Waals surface area (Å²) in [5.41, 5.74) is 8.32. The zero-order chi connectivity index (χ0) is 40.6. The summed E-state index contributed by atoms with van der Waals surface area (Å²) in [6.45, 7) is 7.87. The van der Waals surface area contributed by atoms with Crippen LogP contribution in [0, 0.1) is 12.8 Å². The summed E-state index contributed by atoms with van der Waals surface area (Å²) in [7, 11) is 0. The van der Waals surface area contributed by atoms with Crippen molar-refractivity contribution in [2.45, 2.75) is 39.3 Å². The number of hydrogen-bond acceptors (Lipinski definition) is 6. The highest BCUT2D eigenvalue weighted by molar-refractivity contribution is 5.94. The Bertz CT molecular complexity index is 2510. The number of hydrogen-bond donors (Lipinski definition) is 1. The van der Waals surface area contributed by atoms with Crippen molar-refractivity contribution in [3.8, 4) is 22.6 Å². The first kappa shape index (κ1) is 38.7. The number of amides is 1. The molecule has 0 spiro atoms. The Balaban J connectivity index is 1.30. The predicted octanol–water partition coefficient (Wildman–Crippen LogP) is 10.4. The lowest BCUT2D eigenvalue weighted by atomic mass is 9.77. The number of carbonyl (C=O) groups is 1. The van der Waals surface area contributed by atoms with Crippen LogP contribution in [0.25, 0.3) is 22.6 Å². The van der Waals surface area contributed by atoms with Gasteiger partial charge in [-0.15, -0.1) is 5.10 Å². The van der Waals surface area contributed by atoms with Gasteiger partial charge in [-0.2, -0.15) is 0 Å². The summed E-state index contributed by atoms with van der Waals surface area (Å²) in [6, 6.07) is 61.7. The number of aromatic nitrogens is 5. The summed E-state index contributed by atoms with van der Waals surface area (Å²) < 4.78 is 1.94. The van der Waals surface area contributed by atoms with Crippen molar-refractivity contribution in [2.75, 3.05) is 16.8 Å². The minimum Gasteiger partial charge on any atom is -0.352 e. The molecular formula is C51H47N7O. The lowest BCUT2D eigenvalue weighted by molar-refractivity contribution is -0.115. The average molecular weight is 774 g/mol. The van der Waals surface area contributed by atoms with Gasteiger partial charge >= 0.3 is 0 Å². The van der Waals surface area contributed by atoms with Crippen molar-refractivity contribution in [3.05, 3.63) is 215 Å². The van der Waals surface area contributed by atoms with Gasteiger partial charge in [-0.05, 0) is 57.2 Å². The van der Waals surface area contributed by atoms with Crippen molar-refractivity contribution in [3.63, 3.8) is 0 Å². The number of benzene rings is 6. The van der Waals surface area contributed by atoms with Crippen LogP contribution < -0.4 is 10.2 Å². The number of anilines is 2. The molecule has 0 aliphatic rings. The third-order valence-corrected chi connectivity index (χ3v) is 10.5. The SMILES string of the molecule is Cc1ccc(CC(=O)Nc2cc(-c3ccccc3-c3nnnn3C(c3ccccc3)(c3ccccc3)c3ccccc3)nc(N(Cc3ccccc3)CC(C)C)c2)cc1. The number of nitrogens with one attached hydrogen (secondary N) is 1. The van der Waals surface area contributed by atoms with Gasteiger partial charge in [0.05, 0.1) is 12.1 Å². The van der Waals surface area contributed by atoms with Gasteiger partial charge < -0.3 is 10.2 Å². The molecule has 0 radical (unpaired) electrons. The summed E-state index contributed by atoms with van der Waals surface area (Å²) >= 11 is 0. The molecular weight excluding hydrogens is 727 g/mol. The number of pyridine rings is 1. The minimum absolute atomic E-state index is 0.106. The third-order valence-electron chi connectivity index (χ3n) is 10.5. The van der Waals surface area contributed by atoms with E-state index in [1.165, 1.54) is 5.56 Å². The van der Waals surface area contributed by atoms with Gasteiger partial charge in [-0.25, -0.2) is 9.67 Å². The molecule has 0 saturated heterocycles. The number of nitrogens with zero attached hydrogens (tertiary/aromatic N) is 6. The maximum Gasteiger partial charge on any atom is 0.228 e. The normalized spacial score (nSPS) is 11.4. The fourth-order valence-electron chi connectivity index (χ4n) is 7.86. The maximum atomic E-state index is 13.7. The van der Waals surface area contributed by atoms with Gasteiger partial charge in [-0.3, -0.25) is 4.79 Å². The molecule has 59 heavy (non-hydrogen) atoms. The van der Waals surface area contributed by atoms with Crippen LogP contribution in [0.4, 0.5) is 11.5 Å². The van der Waals surface area contributed by atoms with Gasteiger partial charge in [0.15, 0.2) is 5.82 Å². The number of rotatable bonds is 14. The zero-order valence-corrected chi connectivity index (χ0v) is 33.6. The van der Waals surface area contributed by atoms with Crippen LogP contribution in [-0.2, 0) is 23.3 Å². The summed E-state index contributed by atoms with van der Waals surface area (Å²) in [5.74, 6) is 1.57. The second kappa shape index (κ2) is 17.5. The highest BCUT2D eigenvalue weighted by Gasteiger charge is 2.42. The van der Waals surface area contributed by atoms with Crippen molar-refractivity contribution in [1.29, 1.82) is 0 Å². The quantitative estimate of drug-likeness (QED) is 0.111. The van der Waals surface area contributed by atoms with Gasteiger partial charge in [0, 0.05) is 36.0 Å². The summed E-state index contributed by atoms with van der Waals surface area (Å²) in [5, 5.41) is 17.2. The Kier molecular flexibility index (Phi) is 11.5. The van der Waals surface area contributed by atoms with E-state index in [0.29, 0.717) is 29.7 Å². The molecule has 8 nitrogen and oxygen atoms in total. The number of aryl methyl sites for hydroxylation is 1. The summed E-state index contributed by atoms with van der Waals surface area (Å²) in [4.78, 5) is 21.4. The van der Waals surface area contributed by atoms with Crippen molar-refractivity contribution in [1.82, 2.24) is 25.2 Å². The van der Waals surface area contributed by atoms with Crippen LogP contribution in [-0.4, -0.2) is 37.6 Å². The van der Waals surface area contributed by atoms with E-state index >= 15 is 0 Å². The molecule has 292 valence electrons. The fourth-order valence-corrected chi connectivity index (χ4v) is 7.86. The van der Waals surface area contributed by atoms with E-state index in [9.17, 15) is 4.79 Å². The van der Waals surface area contributed by atoms with Crippen LogP contribution in [0.2, 0.25) is 0 Å².